The van der Waals surface area contributed by atoms with Gasteiger partial charge in [0.2, 0.25) is 0 Å². The van der Waals surface area contributed by atoms with Crippen LogP contribution in [-0.4, -0.2) is 14.6 Å². The summed E-state index contributed by atoms with van der Waals surface area (Å²) in [5, 5.41) is 2.84. The van der Waals surface area contributed by atoms with Crippen LogP contribution in [0.3, 0.4) is 0 Å². The molecule has 0 unspecified atom stereocenters. The van der Waals surface area contributed by atoms with Gasteiger partial charge in [0.15, 0.2) is 28.8 Å². The van der Waals surface area contributed by atoms with Gasteiger partial charge in [-0.25, -0.2) is 22.7 Å². The predicted molar refractivity (Wildman–Crippen MR) is 84.2 cm³/mol. The Morgan fingerprint density at radius 3 is 2.62 bits per heavy atom. The van der Waals surface area contributed by atoms with E-state index in [4.69, 9.17) is 9.15 Å². The van der Waals surface area contributed by atoms with Crippen molar-refractivity contribution in [1.29, 1.82) is 0 Å². The summed E-state index contributed by atoms with van der Waals surface area (Å²) < 4.78 is 51.6. The summed E-state index contributed by atoms with van der Waals surface area (Å²) in [6, 6.07) is 7.16. The first-order valence-electron chi connectivity index (χ1n) is 7.44. The van der Waals surface area contributed by atoms with Gasteiger partial charge in [-0.2, -0.15) is 0 Å². The summed E-state index contributed by atoms with van der Waals surface area (Å²) >= 11 is 0. The number of aromatic nitrogens is 3. The van der Waals surface area contributed by atoms with Crippen molar-refractivity contribution in [2.24, 2.45) is 0 Å². The third-order valence-electron chi connectivity index (χ3n) is 3.62. The monoisotopic (exact) mass is 361 g/mol. The summed E-state index contributed by atoms with van der Waals surface area (Å²) in [6.07, 6.45) is 1.49. The number of nitrogens with one attached hydrogen (secondary N) is 1. The van der Waals surface area contributed by atoms with Gasteiger partial charge in [-0.1, -0.05) is 0 Å². The van der Waals surface area contributed by atoms with Crippen molar-refractivity contribution in [3.05, 3.63) is 76.2 Å². The molecule has 1 aromatic carbocycles. The van der Waals surface area contributed by atoms with Gasteiger partial charge in [0, 0.05) is 24.3 Å². The highest BCUT2D eigenvalue weighted by atomic mass is 19.1. The first-order chi connectivity index (χ1) is 12.5. The van der Waals surface area contributed by atoms with Crippen molar-refractivity contribution < 1.29 is 22.3 Å². The summed E-state index contributed by atoms with van der Waals surface area (Å²) in [7, 11) is 0. The molecule has 0 saturated heterocycles. The third kappa shape index (κ3) is 2.83. The molecule has 4 aromatic rings. The van der Waals surface area contributed by atoms with Crippen LogP contribution in [-0.2, 0) is 6.61 Å². The van der Waals surface area contributed by atoms with E-state index < -0.39 is 28.8 Å². The van der Waals surface area contributed by atoms with Crippen molar-refractivity contribution in [1.82, 2.24) is 14.6 Å². The Bertz CT molecular complexity index is 1130. The standard InChI is InChI=1S/C17H10F3N3O3/c18-9-4-11(19)17(12(20)5-9)26-8-10-6-16(24)23-15(21-10)7-13(22-23)14-2-1-3-25-14/h1-7,22H,8H2. The van der Waals surface area contributed by atoms with E-state index in [9.17, 15) is 18.0 Å². The zero-order chi connectivity index (χ0) is 18.3. The van der Waals surface area contributed by atoms with Crippen LogP contribution in [0.1, 0.15) is 5.69 Å². The van der Waals surface area contributed by atoms with Crippen LogP contribution in [0.15, 0.2) is 51.9 Å². The van der Waals surface area contributed by atoms with E-state index in [1.807, 2.05) is 0 Å². The van der Waals surface area contributed by atoms with Crippen LogP contribution in [0.25, 0.3) is 17.1 Å². The van der Waals surface area contributed by atoms with Crippen molar-refractivity contribution in [2.75, 3.05) is 0 Å². The highest BCUT2D eigenvalue weighted by Gasteiger charge is 2.14. The van der Waals surface area contributed by atoms with Gasteiger partial charge >= 0.3 is 0 Å². The van der Waals surface area contributed by atoms with Gasteiger partial charge in [0.05, 0.1) is 12.0 Å². The molecule has 132 valence electrons. The molecule has 0 aliphatic rings. The van der Waals surface area contributed by atoms with Gasteiger partial charge in [-0.15, -0.1) is 0 Å². The van der Waals surface area contributed by atoms with Crippen LogP contribution in [0.4, 0.5) is 13.2 Å². The fraction of sp³-hybridized carbons (Fsp3) is 0.0588. The van der Waals surface area contributed by atoms with Gasteiger partial charge in [0.1, 0.15) is 18.1 Å². The molecule has 4 rings (SSSR count). The van der Waals surface area contributed by atoms with Gasteiger partial charge < -0.3 is 9.15 Å². The minimum atomic E-state index is -1.18. The first-order valence-corrected chi connectivity index (χ1v) is 7.44. The smallest absolute Gasteiger partial charge is 0.273 e. The fourth-order valence-electron chi connectivity index (χ4n) is 2.49. The topological polar surface area (TPSA) is 72.5 Å². The minimum absolute atomic E-state index is 0.156. The van der Waals surface area contributed by atoms with E-state index in [2.05, 4.69) is 10.1 Å². The molecule has 9 heteroatoms. The molecule has 1 N–H and O–H groups in total. The normalized spacial score (nSPS) is 11.2. The Balaban J connectivity index is 1.65. The lowest BCUT2D eigenvalue weighted by Gasteiger charge is -2.08. The van der Waals surface area contributed by atoms with Crippen molar-refractivity contribution in [3.63, 3.8) is 0 Å². The van der Waals surface area contributed by atoms with Gasteiger partial charge in [0.25, 0.3) is 5.56 Å². The van der Waals surface area contributed by atoms with E-state index in [1.54, 1.807) is 18.2 Å². The average molecular weight is 361 g/mol. The number of hydrogen-bond donors (Lipinski definition) is 1. The summed E-state index contributed by atoms with van der Waals surface area (Å²) in [5.41, 5.74) is 0.533. The minimum Gasteiger partial charge on any atom is -0.481 e. The number of H-pyrrole nitrogens is 1. The summed E-state index contributed by atoms with van der Waals surface area (Å²) in [5.74, 6) is -3.63. The fourth-order valence-corrected chi connectivity index (χ4v) is 2.49. The zero-order valence-corrected chi connectivity index (χ0v) is 13.0. The number of rotatable bonds is 4. The molecular formula is C17H10F3N3O3. The van der Waals surface area contributed by atoms with Crippen LogP contribution >= 0.6 is 0 Å². The number of aromatic amines is 1. The number of hydrogen-bond acceptors (Lipinski definition) is 4. The van der Waals surface area contributed by atoms with E-state index in [0.717, 1.165) is 6.07 Å². The maximum absolute atomic E-state index is 13.6. The second-order valence-electron chi connectivity index (χ2n) is 5.41. The van der Waals surface area contributed by atoms with Crippen LogP contribution < -0.4 is 10.3 Å². The molecule has 26 heavy (non-hydrogen) atoms. The Hall–Kier alpha value is -3.49. The molecule has 3 aromatic heterocycles. The molecule has 6 nitrogen and oxygen atoms in total. The summed E-state index contributed by atoms with van der Waals surface area (Å²) in [6.45, 7) is -0.369. The molecule has 0 bridgehead atoms. The lowest BCUT2D eigenvalue weighted by molar-refractivity contribution is 0.268. The van der Waals surface area contributed by atoms with E-state index in [0.29, 0.717) is 23.6 Å². The quantitative estimate of drug-likeness (QED) is 0.606. The van der Waals surface area contributed by atoms with Crippen molar-refractivity contribution >= 4 is 5.65 Å². The maximum Gasteiger partial charge on any atom is 0.273 e. The zero-order valence-electron chi connectivity index (χ0n) is 13.0. The second-order valence-corrected chi connectivity index (χ2v) is 5.41. The SMILES string of the molecule is O=c1cc(COc2c(F)cc(F)cc2F)nc2cc(-c3ccco3)[nH]n12. The molecule has 0 fully saturated rings. The maximum atomic E-state index is 13.6. The molecular weight excluding hydrogens is 351 g/mol. The van der Waals surface area contributed by atoms with Gasteiger partial charge in [-0.05, 0) is 12.1 Å². The summed E-state index contributed by atoms with van der Waals surface area (Å²) in [4.78, 5) is 16.4. The van der Waals surface area contributed by atoms with Crippen LogP contribution in [0, 0.1) is 17.5 Å². The van der Waals surface area contributed by atoms with E-state index in [1.165, 1.54) is 10.8 Å². The predicted octanol–water partition coefficient (Wildman–Crippen LogP) is 3.28. The van der Waals surface area contributed by atoms with Crippen molar-refractivity contribution in [2.45, 2.75) is 6.61 Å². The number of benzene rings is 1. The number of furan rings is 1. The molecule has 0 atom stereocenters. The number of halogens is 3. The van der Waals surface area contributed by atoms with E-state index in [-0.39, 0.29) is 17.9 Å². The molecule has 0 spiro atoms. The number of fused-ring (bicyclic) bond motifs is 1. The van der Waals surface area contributed by atoms with Crippen LogP contribution in [0.2, 0.25) is 0 Å². The Kier molecular flexibility index (Phi) is 3.76. The second kappa shape index (κ2) is 6.10. The first kappa shape index (κ1) is 16.0. The molecule has 0 saturated carbocycles. The molecule has 3 heterocycles. The lowest BCUT2D eigenvalue weighted by atomic mass is 10.3. The van der Waals surface area contributed by atoms with Crippen molar-refractivity contribution in [3.8, 4) is 17.2 Å². The van der Waals surface area contributed by atoms with Crippen LogP contribution in [0.5, 0.6) is 5.75 Å². The highest BCUT2D eigenvalue weighted by Crippen LogP contribution is 2.24. The Labute approximate surface area is 143 Å². The molecule has 0 radical (unpaired) electrons. The average Bonchev–Trinajstić information content (AvgIpc) is 3.23. The van der Waals surface area contributed by atoms with E-state index >= 15 is 0 Å². The third-order valence-corrected chi connectivity index (χ3v) is 3.62. The molecule has 0 amide bonds. The largest absolute Gasteiger partial charge is 0.481 e. The number of ether oxygens (including phenoxy) is 1. The Morgan fingerprint density at radius 2 is 1.92 bits per heavy atom. The Morgan fingerprint density at radius 1 is 1.15 bits per heavy atom. The molecule has 0 aliphatic carbocycles. The lowest BCUT2D eigenvalue weighted by Crippen LogP contribution is -2.16. The highest BCUT2D eigenvalue weighted by molar-refractivity contribution is 5.58. The number of nitrogens with zero attached hydrogens (tertiary/aromatic N) is 2. The van der Waals surface area contributed by atoms with Gasteiger partial charge in [-0.3, -0.25) is 9.89 Å². The molecule has 0 aliphatic heterocycles.